The van der Waals surface area contributed by atoms with Gasteiger partial charge in [0.25, 0.3) is 0 Å². The Hall–Kier alpha value is -2.04. The molecule has 1 aromatic rings. The third-order valence-electron chi connectivity index (χ3n) is 2.44. The van der Waals surface area contributed by atoms with Crippen molar-refractivity contribution in [1.82, 2.24) is 0 Å². The Morgan fingerprint density at radius 2 is 1.77 bits per heavy atom. The quantitative estimate of drug-likeness (QED) is 0.355. The van der Waals surface area contributed by atoms with Gasteiger partial charge in [-0.2, -0.15) is 21.6 Å². The van der Waals surface area contributed by atoms with E-state index in [2.05, 4.69) is 4.18 Å². The third kappa shape index (κ3) is 2.80. The minimum atomic E-state index is -6.04. The van der Waals surface area contributed by atoms with Crippen LogP contribution in [0.25, 0.3) is 0 Å². The first-order valence-electron chi connectivity index (χ1n) is 5.60. The summed E-state index contributed by atoms with van der Waals surface area (Å²) in [7, 11) is -6.04. The number of carbonyl (C=O) groups is 1. The topological polar surface area (TPSA) is 78.9 Å². The molecule has 0 fully saturated rings. The van der Waals surface area contributed by atoms with Crippen LogP contribution in [-0.4, -0.2) is 25.7 Å². The van der Waals surface area contributed by atoms with Crippen molar-refractivity contribution in [2.75, 3.05) is 0 Å². The van der Waals surface area contributed by atoms with E-state index in [1.165, 1.54) is 13.8 Å². The van der Waals surface area contributed by atoms with E-state index in [9.17, 15) is 30.8 Å². The molecule has 0 bridgehead atoms. The fraction of sp³-hybridized carbons (Fsp3) is 0.364. The largest absolute Gasteiger partial charge is 0.534 e. The van der Waals surface area contributed by atoms with Gasteiger partial charge in [-0.25, -0.2) is 9.18 Å². The molecule has 1 aliphatic rings. The van der Waals surface area contributed by atoms with Crippen LogP contribution in [0.4, 0.5) is 17.6 Å². The lowest BCUT2D eigenvalue weighted by atomic mass is 10.1. The Morgan fingerprint density at radius 1 is 1.18 bits per heavy atom. The van der Waals surface area contributed by atoms with Gasteiger partial charge in [-0.1, -0.05) is 0 Å². The third-order valence-corrected chi connectivity index (χ3v) is 3.41. The second kappa shape index (κ2) is 4.73. The zero-order valence-electron chi connectivity index (χ0n) is 11.0. The van der Waals surface area contributed by atoms with E-state index >= 15 is 0 Å². The first-order valence-corrected chi connectivity index (χ1v) is 7.00. The molecule has 6 nitrogen and oxygen atoms in total. The maximum Gasteiger partial charge on any atom is 0.534 e. The molecular weight excluding hydrogens is 336 g/mol. The average Bonchev–Trinajstić information content (AvgIpc) is 2.29. The number of carbonyl (C=O) groups excluding carboxylic acids is 1. The first kappa shape index (κ1) is 16.3. The summed E-state index contributed by atoms with van der Waals surface area (Å²) in [5.41, 5.74) is -6.60. The summed E-state index contributed by atoms with van der Waals surface area (Å²) < 4.78 is 86.2. The Bertz CT molecular complexity index is 738. The number of esters is 1. The fourth-order valence-corrected chi connectivity index (χ4v) is 2.08. The van der Waals surface area contributed by atoms with E-state index in [1.54, 1.807) is 0 Å². The van der Waals surface area contributed by atoms with Gasteiger partial charge in [0.05, 0.1) is 0 Å². The van der Waals surface area contributed by atoms with Crippen molar-refractivity contribution in [2.24, 2.45) is 0 Å². The number of cyclic esters (lactones) is 1. The predicted molar refractivity (Wildman–Crippen MR) is 62.1 cm³/mol. The highest BCUT2D eigenvalue weighted by Crippen LogP contribution is 2.40. The summed E-state index contributed by atoms with van der Waals surface area (Å²) in [6.45, 7) is 2.51. The number of ether oxygens (including phenoxy) is 2. The van der Waals surface area contributed by atoms with Crippen LogP contribution in [0.3, 0.4) is 0 Å². The van der Waals surface area contributed by atoms with Crippen LogP contribution >= 0.6 is 0 Å². The maximum absolute atomic E-state index is 13.7. The normalized spacial score (nSPS) is 17.3. The molecule has 1 aromatic carbocycles. The van der Waals surface area contributed by atoms with Crippen LogP contribution in [0.15, 0.2) is 12.1 Å². The lowest BCUT2D eigenvalue weighted by molar-refractivity contribution is -0.129. The second-order valence-corrected chi connectivity index (χ2v) is 6.16. The highest BCUT2D eigenvalue weighted by Gasteiger charge is 2.50. The van der Waals surface area contributed by atoms with Gasteiger partial charge in [0.15, 0.2) is 17.3 Å². The van der Waals surface area contributed by atoms with E-state index in [-0.39, 0.29) is 0 Å². The highest BCUT2D eigenvalue weighted by atomic mass is 32.2. The van der Waals surface area contributed by atoms with Gasteiger partial charge in [0.2, 0.25) is 5.79 Å². The minimum absolute atomic E-state index is 0.556. The van der Waals surface area contributed by atoms with Crippen molar-refractivity contribution < 1.29 is 44.4 Å². The zero-order chi connectivity index (χ0) is 16.9. The van der Waals surface area contributed by atoms with Crippen molar-refractivity contribution in [3.05, 3.63) is 23.5 Å². The first-order chi connectivity index (χ1) is 9.84. The van der Waals surface area contributed by atoms with Crippen LogP contribution in [-0.2, 0) is 14.9 Å². The van der Waals surface area contributed by atoms with Gasteiger partial charge in [0, 0.05) is 13.8 Å². The Balaban J connectivity index is 2.56. The summed E-state index contributed by atoms with van der Waals surface area (Å²) in [5, 5.41) is 0. The molecule has 0 spiro atoms. The Kier molecular flexibility index (Phi) is 3.51. The summed E-state index contributed by atoms with van der Waals surface area (Å²) in [5.74, 6) is -5.74. The Morgan fingerprint density at radius 3 is 2.32 bits per heavy atom. The maximum atomic E-state index is 13.7. The molecule has 0 amide bonds. The van der Waals surface area contributed by atoms with Crippen molar-refractivity contribution in [3.63, 3.8) is 0 Å². The zero-order valence-corrected chi connectivity index (χ0v) is 11.8. The van der Waals surface area contributed by atoms with Gasteiger partial charge < -0.3 is 13.7 Å². The number of alkyl halides is 3. The van der Waals surface area contributed by atoms with E-state index in [1.807, 2.05) is 0 Å². The minimum Gasteiger partial charge on any atom is -0.449 e. The molecule has 11 heteroatoms. The lowest BCUT2D eigenvalue weighted by Gasteiger charge is -2.32. The van der Waals surface area contributed by atoms with Crippen LogP contribution in [0.2, 0.25) is 0 Å². The SMILES string of the molecule is CC1(C)OC(=O)c2c(OS(=O)(=O)C(F)(F)F)ccc(F)c2O1. The summed E-state index contributed by atoms with van der Waals surface area (Å²) in [4.78, 5) is 11.8. The van der Waals surface area contributed by atoms with Gasteiger partial charge in [-0.05, 0) is 12.1 Å². The Labute approximate surface area is 121 Å². The van der Waals surface area contributed by atoms with Crippen LogP contribution in [0, 0.1) is 5.82 Å². The van der Waals surface area contributed by atoms with Gasteiger partial charge >= 0.3 is 21.6 Å². The number of benzene rings is 1. The van der Waals surface area contributed by atoms with Crippen molar-refractivity contribution >= 4 is 16.1 Å². The molecule has 0 atom stereocenters. The molecular formula is C11H8F4O6S. The summed E-state index contributed by atoms with van der Waals surface area (Å²) in [6.07, 6.45) is 0. The second-order valence-electron chi connectivity index (χ2n) is 4.62. The molecule has 122 valence electrons. The standard InChI is InChI=1S/C11H8F4O6S/c1-10(2)19-8-5(12)3-4-6(7(8)9(16)20-10)21-22(17,18)11(13,14)15/h3-4H,1-2H3. The van der Waals surface area contributed by atoms with Gasteiger partial charge in [-0.3, -0.25) is 0 Å². The molecule has 0 saturated heterocycles. The number of hydrogen-bond donors (Lipinski definition) is 0. The van der Waals surface area contributed by atoms with Crippen molar-refractivity contribution in [2.45, 2.75) is 25.1 Å². The van der Waals surface area contributed by atoms with Crippen LogP contribution in [0.5, 0.6) is 11.5 Å². The molecule has 22 heavy (non-hydrogen) atoms. The van der Waals surface area contributed by atoms with Crippen molar-refractivity contribution in [1.29, 1.82) is 0 Å². The molecule has 1 heterocycles. The smallest absolute Gasteiger partial charge is 0.449 e. The molecule has 1 aliphatic heterocycles. The van der Waals surface area contributed by atoms with Gasteiger partial charge in [0.1, 0.15) is 5.56 Å². The lowest BCUT2D eigenvalue weighted by Crippen LogP contribution is -2.39. The van der Waals surface area contributed by atoms with E-state index in [0.717, 1.165) is 0 Å². The summed E-state index contributed by atoms with van der Waals surface area (Å²) in [6, 6.07) is 1.16. The molecule has 0 saturated carbocycles. The van der Waals surface area contributed by atoms with Gasteiger partial charge in [-0.15, -0.1) is 0 Å². The molecule has 0 radical (unpaired) electrons. The number of hydrogen-bond acceptors (Lipinski definition) is 6. The summed E-state index contributed by atoms with van der Waals surface area (Å²) >= 11 is 0. The van der Waals surface area contributed by atoms with E-state index in [0.29, 0.717) is 12.1 Å². The molecule has 0 aromatic heterocycles. The molecule has 0 unspecified atom stereocenters. The van der Waals surface area contributed by atoms with Crippen LogP contribution < -0.4 is 8.92 Å². The van der Waals surface area contributed by atoms with Crippen LogP contribution in [0.1, 0.15) is 24.2 Å². The monoisotopic (exact) mass is 344 g/mol. The predicted octanol–water partition coefficient (Wildman–Crippen LogP) is 2.34. The number of rotatable bonds is 2. The van der Waals surface area contributed by atoms with E-state index in [4.69, 9.17) is 9.47 Å². The van der Waals surface area contributed by atoms with Crippen molar-refractivity contribution in [3.8, 4) is 11.5 Å². The fourth-order valence-electron chi connectivity index (χ4n) is 1.61. The average molecular weight is 344 g/mol. The number of fused-ring (bicyclic) bond motifs is 1. The number of halogens is 4. The molecule has 0 aliphatic carbocycles. The van der Waals surface area contributed by atoms with E-state index < -0.39 is 50.3 Å². The highest BCUT2D eigenvalue weighted by molar-refractivity contribution is 7.88. The molecule has 0 N–H and O–H groups in total. The molecule has 2 rings (SSSR count).